The van der Waals surface area contributed by atoms with Gasteiger partial charge < -0.3 is 23.5 Å². The second-order valence-electron chi connectivity index (χ2n) is 8.40. The topological polar surface area (TPSA) is 114 Å². The van der Waals surface area contributed by atoms with Gasteiger partial charge in [0, 0.05) is 17.5 Å². The lowest BCUT2D eigenvalue weighted by atomic mass is 10.1. The normalized spacial score (nSPS) is 11.1. The van der Waals surface area contributed by atoms with E-state index in [-0.39, 0.29) is 22.5 Å². The molecule has 37 heavy (non-hydrogen) atoms. The third kappa shape index (κ3) is 3.88. The highest BCUT2D eigenvalue weighted by atomic mass is 16.4. The summed E-state index contributed by atoms with van der Waals surface area (Å²) in [5.41, 5.74) is 2.63. The Balaban J connectivity index is 0.000000138. The van der Waals surface area contributed by atoms with Crippen molar-refractivity contribution in [2.24, 2.45) is 0 Å². The molecule has 0 saturated heterocycles. The maximum atomic E-state index is 12.3. The van der Waals surface area contributed by atoms with Crippen LogP contribution in [-0.4, -0.2) is 10.2 Å². The van der Waals surface area contributed by atoms with Crippen LogP contribution in [0, 0.1) is 0 Å². The lowest BCUT2D eigenvalue weighted by Crippen LogP contribution is -2.04. The van der Waals surface area contributed by atoms with Gasteiger partial charge in [-0.05, 0) is 42.0 Å². The van der Waals surface area contributed by atoms with Crippen LogP contribution in [-0.2, 0) is 0 Å². The number of rotatable bonds is 1. The summed E-state index contributed by atoms with van der Waals surface area (Å²) < 4.78 is 16.4. The maximum absolute atomic E-state index is 12.3. The Morgan fingerprint density at radius 2 is 1.24 bits per heavy atom. The highest BCUT2D eigenvalue weighted by Crippen LogP contribution is 2.34. The Morgan fingerprint density at radius 3 is 2.00 bits per heavy atom. The molecule has 180 valence electrons. The zero-order valence-electron chi connectivity index (χ0n) is 19.2. The lowest BCUT2D eigenvalue weighted by Gasteiger charge is -2.01. The third-order valence-corrected chi connectivity index (χ3v) is 6.06. The van der Waals surface area contributed by atoms with E-state index >= 15 is 0 Å². The Hall–Kier alpha value is -5.30. The van der Waals surface area contributed by atoms with Crippen molar-refractivity contribution in [1.82, 2.24) is 0 Å². The molecule has 0 aliphatic rings. The molecule has 7 heteroatoms. The van der Waals surface area contributed by atoms with Crippen LogP contribution in [0.25, 0.3) is 55.0 Å². The smallest absolute Gasteiger partial charge is 0.348 e. The summed E-state index contributed by atoms with van der Waals surface area (Å²) in [5, 5.41) is 21.0. The van der Waals surface area contributed by atoms with Crippen molar-refractivity contribution in [3.63, 3.8) is 0 Å². The molecule has 7 rings (SSSR count). The summed E-state index contributed by atoms with van der Waals surface area (Å²) in [5.74, 6) is 0.0663. The van der Waals surface area contributed by atoms with Crippen molar-refractivity contribution in [2.45, 2.75) is 0 Å². The minimum absolute atomic E-state index is 0.00811. The molecular weight excluding hydrogens is 472 g/mol. The van der Waals surface area contributed by atoms with Crippen LogP contribution >= 0.6 is 0 Å². The minimum atomic E-state index is -0.539. The van der Waals surface area contributed by atoms with Gasteiger partial charge in [0.1, 0.15) is 39.9 Å². The predicted octanol–water partition coefficient (Wildman–Crippen LogP) is 6.56. The molecule has 0 fully saturated rings. The summed E-state index contributed by atoms with van der Waals surface area (Å²) in [6, 6.07) is 25.8. The first-order chi connectivity index (χ1) is 18.0. The van der Waals surface area contributed by atoms with Crippen molar-refractivity contribution in [3.8, 4) is 22.6 Å². The van der Waals surface area contributed by atoms with Crippen molar-refractivity contribution in [1.29, 1.82) is 0 Å². The Morgan fingerprint density at radius 1 is 0.595 bits per heavy atom. The van der Waals surface area contributed by atoms with Crippen LogP contribution in [0.1, 0.15) is 0 Å². The quantitative estimate of drug-likeness (QED) is 0.250. The average molecular weight is 490 g/mol. The van der Waals surface area contributed by atoms with Gasteiger partial charge in [-0.15, -0.1) is 0 Å². The second kappa shape index (κ2) is 8.73. The van der Waals surface area contributed by atoms with E-state index in [9.17, 15) is 19.8 Å². The first kappa shape index (κ1) is 22.2. The monoisotopic (exact) mass is 490 g/mol. The van der Waals surface area contributed by atoms with E-state index in [1.807, 2.05) is 42.5 Å². The number of furan rings is 1. The molecule has 7 nitrogen and oxygen atoms in total. The maximum Gasteiger partial charge on any atom is 0.348 e. The average Bonchev–Trinajstić information content (AvgIpc) is 3.29. The van der Waals surface area contributed by atoms with Crippen LogP contribution in [0.2, 0.25) is 0 Å². The van der Waals surface area contributed by atoms with Crippen LogP contribution in [0.3, 0.4) is 0 Å². The first-order valence-corrected chi connectivity index (χ1v) is 11.4. The fourth-order valence-corrected chi connectivity index (χ4v) is 4.31. The molecule has 3 heterocycles. The largest absolute Gasteiger partial charge is 0.508 e. The molecule has 0 unspecified atom stereocenters. The van der Waals surface area contributed by atoms with Crippen molar-refractivity contribution in [2.75, 3.05) is 0 Å². The van der Waals surface area contributed by atoms with Gasteiger partial charge in [0.25, 0.3) is 0 Å². The number of hydrogen-bond donors (Lipinski definition) is 2. The number of phenols is 2. The zero-order valence-corrected chi connectivity index (χ0v) is 19.2. The predicted molar refractivity (Wildman–Crippen MR) is 141 cm³/mol. The molecule has 0 aliphatic carbocycles. The highest BCUT2D eigenvalue weighted by molar-refractivity contribution is 6.13. The number of benzene rings is 4. The van der Waals surface area contributed by atoms with Gasteiger partial charge in [-0.1, -0.05) is 42.5 Å². The summed E-state index contributed by atoms with van der Waals surface area (Å²) in [6.45, 7) is 0. The van der Waals surface area contributed by atoms with Gasteiger partial charge in [0.2, 0.25) is 0 Å². The molecule has 0 aliphatic heterocycles. The first-order valence-electron chi connectivity index (χ1n) is 11.4. The molecule has 0 radical (unpaired) electrons. The van der Waals surface area contributed by atoms with Gasteiger partial charge in [-0.3, -0.25) is 4.79 Å². The molecule has 0 spiro atoms. The standard InChI is InChI=1S/C15H8O5.C15H10O2/c16-7-1-3-9-11(5-7)19-14-10-4-2-8(17)6-12(10)20-15(18)13(9)14;16-15-12-8-4-5-9-14(12)17-10-13(15)11-6-2-1-3-7-11/h1-6,16-17H;1-10H. The Labute approximate surface area is 208 Å². The summed E-state index contributed by atoms with van der Waals surface area (Å²) >= 11 is 0. The molecular formula is C30H18O7. The highest BCUT2D eigenvalue weighted by Gasteiger charge is 2.16. The number of para-hydroxylation sites is 1. The Bertz CT molecular complexity index is 2050. The molecule has 0 bridgehead atoms. The molecule has 0 atom stereocenters. The van der Waals surface area contributed by atoms with Gasteiger partial charge in [0.15, 0.2) is 11.0 Å². The van der Waals surface area contributed by atoms with Gasteiger partial charge in [-0.25, -0.2) is 4.79 Å². The minimum Gasteiger partial charge on any atom is -0.508 e. The summed E-state index contributed by atoms with van der Waals surface area (Å²) in [6.07, 6.45) is 1.53. The fourth-order valence-electron chi connectivity index (χ4n) is 4.31. The Kier molecular flexibility index (Phi) is 5.23. The van der Waals surface area contributed by atoms with Crippen LogP contribution in [0.5, 0.6) is 11.5 Å². The van der Waals surface area contributed by atoms with E-state index in [2.05, 4.69) is 0 Å². The van der Waals surface area contributed by atoms with Gasteiger partial charge in [0.05, 0.1) is 16.3 Å². The van der Waals surface area contributed by atoms with Crippen LogP contribution in [0.15, 0.2) is 120 Å². The van der Waals surface area contributed by atoms with Crippen molar-refractivity contribution < 1.29 is 23.5 Å². The van der Waals surface area contributed by atoms with E-state index in [0.29, 0.717) is 43.9 Å². The van der Waals surface area contributed by atoms with E-state index < -0.39 is 5.63 Å². The third-order valence-electron chi connectivity index (χ3n) is 6.06. The molecule has 0 saturated carbocycles. The number of fused-ring (bicyclic) bond motifs is 6. The van der Waals surface area contributed by atoms with Crippen LogP contribution in [0.4, 0.5) is 0 Å². The zero-order chi connectivity index (χ0) is 25.5. The van der Waals surface area contributed by atoms with Gasteiger partial charge in [-0.2, -0.15) is 0 Å². The molecule has 3 aromatic heterocycles. The molecule has 0 amide bonds. The summed E-state index contributed by atoms with van der Waals surface area (Å²) in [7, 11) is 0. The van der Waals surface area contributed by atoms with E-state index in [4.69, 9.17) is 13.3 Å². The summed E-state index contributed by atoms with van der Waals surface area (Å²) in [4.78, 5) is 24.4. The number of phenolic OH excluding ortho intramolecular Hbond substituents is 2. The van der Waals surface area contributed by atoms with E-state index in [1.54, 1.807) is 24.3 Å². The van der Waals surface area contributed by atoms with Gasteiger partial charge >= 0.3 is 5.63 Å². The van der Waals surface area contributed by atoms with Crippen LogP contribution < -0.4 is 11.1 Å². The molecule has 7 aromatic rings. The van der Waals surface area contributed by atoms with E-state index in [0.717, 1.165) is 5.56 Å². The fraction of sp³-hybridized carbons (Fsp3) is 0. The second-order valence-corrected chi connectivity index (χ2v) is 8.40. The SMILES string of the molecule is O=c1c(-c2ccccc2)coc2ccccc12.O=c1oc2cc(O)ccc2c2oc3cc(O)ccc3c12. The lowest BCUT2D eigenvalue weighted by molar-refractivity contribution is 0.473. The molecule has 2 N–H and O–H groups in total. The van der Waals surface area contributed by atoms with Crippen molar-refractivity contribution in [3.05, 3.63) is 118 Å². The number of hydrogen-bond acceptors (Lipinski definition) is 7. The number of aromatic hydroxyl groups is 2. The molecule has 4 aromatic carbocycles. The van der Waals surface area contributed by atoms with E-state index in [1.165, 1.54) is 30.5 Å². The van der Waals surface area contributed by atoms with Crippen molar-refractivity contribution >= 4 is 43.9 Å².